The van der Waals surface area contributed by atoms with Crippen molar-refractivity contribution in [2.75, 3.05) is 0 Å². The Bertz CT molecular complexity index is 3400. The number of H-pyrrole nitrogens is 3. The SMILES string of the molecule is NCc1ccc(C(=O)O)cc1.O=C(CCCn1c(=O)[nH]cc(F)c1=O)NCc1ccc(C(=O)NS)cc1.O=C(CCCn1c(=O)[nH]cc(F)c1=O)NCc1ccc(C(=O)O)cc1.O=C(CCCn1c(=O)[nH]cc(F)c1=O)NS. The highest BCUT2D eigenvalue weighted by Gasteiger charge is 2.12. The van der Waals surface area contributed by atoms with E-state index in [-0.39, 0.29) is 100 Å². The van der Waals surface area contributed by atoms with Crippen LogP contribution in [-0.4, -0.2) is 74.4 Å². The maximum absolute atomic E-state index is 13.1. The lowest BCUT2D eigenvalue weighted by molar-refractivity contribution is -0.122. The molecule has 0 radical (unpaired) electrons. The molecule has 0 saturated heterocycles. The van der Waals surface area contributed by atoms with Crippen LogP contribution in [0.3, 0.4) is 0 Å². The number of hydrogen-bond acceptors (Lipinski definition) is 15. The molecular weight excluding hydrogens is 1080 g/mol. The summed E-state index contributed by atoms with van der Waals surface area (Å²) in [4.78, 5) is 141. The number of nitrogens with one attached hydrogen (secondary N) is 7. The summed E-state index contributed by atoms with van der Waals surface area (Å²) in [5.41, 5.74) is 3.51. The number of nitrogens with zero attached hydrogens (tertiary/aromatic N) is 3. The average molecular weight is 1130 g/mol. The molecule has 11 N–H and O–H groups in total. The Balaban J connectivity index is 0.000000286. The molecule has 0 aliphatic heterocycles. The van der Waals surface area contributed by atoms with Crippen LogP contribution in [0, 0.1) is 17.5 Å². The van der Waals surface area contributed by atoms with Gasteiger partial charge in [0.2, 0.25) is 35.2 Å². The van der Waals surface area contributed by atoms with Gasteiger partial charge in [0.1, 0.15) is 0 Å². The summed E-state index contributed by atoms with van der Waals surface area (Å²) >= 11 is 7.21. The number of nitrogens with two attached hydrogens (primary N) is 1. The highest BCUT2D eigenvalue weighted by Crippen LogP contribution is 2.07. The summed E-state index contributed by atoms with van der Waals surface area (Å²) < 4.78 is 45.5. The lowest BCUT2D eigenvalue weighted by atomic mass is 10.1. The van der Waals surface area contributed by atoms with Crippen LogP contribution >= 0.6 is 25.6 Å². The van der Waals surface area contributed by atoms with Crippen molar-refractivity contribution in [1.82, 2.24) is 48.7 Å². The van der Waals surface area contributed by atoms with E-state index in [0.717, 1.165) is 16.7 Å². The summed E-state index contributed by atoms with van der Waals surface area (Å²) in [6.07, 6.45) is 2.99. The molecule has 30 heteroatoms. The molecule has 3 heterocycles. The average Bonchev–Trinajstić information content (AvgIpc) is 3.44. The molecule has 0 spiro atoms. The van der Waals surface area contributed by atoms with Crippen LogP contribution in [0.25, 0.3) is 0 Å². The minimum absolute atomic E-state index is 0.0207. The van der Waals surface area contributed by atoms with Crippen LogP contribution in [0.5, 0.6) is 0 Å². The Kier molecular flexibility index (Phi) is 26.3. The van der Waals surface area contributed by atoms with Gasteiger partial charge in [0, 0.05) is 82.7 Å². The Hall–Kier alpha value is -9.03. The molecule has 4 amide bonds. The molecule has 6 rings (SSSR count). The first-order valence-corrected chi connectivity index (χ1v) is 23.8. The van der Waals surface area contributed by atoms with Gasteiger partial charge in [-0.25, -0.2) is 24.0 Å². The van der Waals surface area contributed by atoms with Gasteiger partial charge >= 0.3 is 29.0 Å². The van der Waals surface area contributed by atoms with Gasteiger partial charge in [-0.2, -0.15) is 13.2 Å². The number of aromatic nitrogens is 6. The first-order chi connectivity index (χ1) is 37.1. The third-order valence-electron chi connectivity index (χ3n) is 10.5. The summed E-state index contributed by atoms with van der Waals surface area (Å²) in [5.74, 6) is -6.31. The number of halogens is 3. The van der Waals surface area contributed by atoms with Crippen molar-refractivity contribution in [2.24, 2.45) is 5.73 Å². The van der Waals surface area contributed by atoms with Crippen molar-refractivity contribution < 1.29 is 52.2 Å². The molecule has 3 aromatic carbocycles. The Morgan fingerprint density at radius 2 is 0.782 bits per heavy atom. The van der Waals surface area contributed by atoms with E-state index in [4.69, 9.17) is 15.9 Å². The Morgan fingerprint density at radius 3 is 1.08 bits per heavy atom. The maximum Gasteiger partial charge on any atom is 0.335 e. The van der Waals surface area contributed by atoms with Crippen LogP contribution in [0.1, 0.15) is 86.3 Å². The molecule has 6 aromatic rings. The predicted octanol–water partition coefficient (Wildman–Crippen LogP) is 1.08. The lowest BCUT2D eigenvalue weighted by Gasteiger charge is -2.07. The minimum atomic E-state index is -1.06. The number of carbonyl (C=O) groups is 6. The van der Waals surface area contributed by atoms with Gasteiger partial charge in [-0.15, -0.1) is 0 Å². The van der Waals surface area contributed by atoms with E-state index >= 15 is 0 Å². The molecule has 0 aliphatic rings. The first-order valence-electron chi connectivity index (χ1n) is 22.9. The molecule has 3 aromatic heterocycles. The zero-order valence-electron chi connectivity index (χ0n) is 40.9. The van der Waals surface area contributed by atoms with Gasteiger partial charge < -0.3 is 46.3 Å². The second kappa shape index (κ2) is 32.4. The van der Waals surface area contributed by atoms with Gasteiger partial charge in [0.15, 0.2) is 0 Å². The van der Waals surface area contributed by atoms with E-state index < -0.39 is 63.1 Å². The Labute approximate surface area is 448 Å². The monoisotopic (exact) mass is 1130 g/mol. The fourth-order valence-electron chi connectivity index (χ4n) is 6.28. The van der Waals surface area contributed by atoms with Gasteiger partial charge in [-0.05, 0) is 72.4 Å². The molecule has 0 saturated carbocycles. The summed E-state index contributed by atoms with van der Waals surface area (Å²) in [6, 6.07) is 19.2. The third kappa shape index (κ3) is 20.9. The zero-order valence-corrected chi connectivity index (χ0v) is 42.7. The van der Waals surface area contributed by atoms with Gasteiger partial charge in [-0.3, -0.25) is 52.0 Å². The smallest absolute Gasteiger partial charge is 0.335 e. The number of thiol groups is 2. The number of carbonyl (C=O) groups excluding carboxylic acids is 4. The standard InChI is InChI=1S/C16H17FN4O4S.C16H16FN3O5.C8H10FN3O3S.C8H9NO2/c17-12-9-19-16(25)21(15(12)24)7-1-2-13(22)18-8-10-3-5-11(6-4-10)14(23)20-26;17-12-9-19-16(25)20(14(12)22)7-1-2-13(21)18-8-10-3-5-11(6-4-10)15(23)24;9-5-4-10-8(15)12(7(5)14)3-1-2-6(13)11-16;9-5-6-1-3-7(4-2-6)8(10)11/h3-6,9,26H,1-2,7-8H2,(H,18,22)(H,19,25)(H,20,23);3-6,9H,1-2,7-8H2,(H,18,21)(H,19,25)(H,23,24);4,16H,1-3H2,(H,10,15)(H,11,13);1-4H,5,9H2,(H,10,11). The topological polar surface area (TPSA) is 382 Å². The van der Waals surface area contributed by atoms with Crippen molar-refractivity contribution in [2.45, 2.75) is 77.8 Å². The number of aromatic carboxylic acids is 2. The zero-order chi connectivity index (χ0) is 57.9. The van der Waals surface area contributed by atoms with Crippen molar-refractivity contribution >= 4 is 61.2 Å². The number of aromatic amines is 3. The number of benzene rings is 3. The van der Waals surface area contributed by atoms with Crippen molar-refractivity contribution in [3.05, 3.63) is 205 Å². The lowest BCUT2D eigenvalue weighted by Crippen LogP contribution is -2.36. The van der Waals surface area contributed by atoms with Crippen molar-refractivity contribution in [3.63, 3.8) is 0 Å². The minimum Gasteiger partial charge on any atom is -0.478 e. The van der Waals surface area contributed by atoms with Gasteiger partial charge in [0.25, 0.3) is 22.6 Å². The normalized spacial score (nSPS) is 10.2. The molecule has 0 fully saturated rings. The summed E-state index contributed by atoms with van der Waals surface area (Å²) in [5, 5.41) is 22.6. The third-order valence-corrected chi connectivity index (χ3v) is 10.9. The molecule has 0 unspecified atom stereocenters. The largest absolute Gasteiger partial charge is 0.478 e. The predicted molar refractivity (Wildman–Crippen MR) is 280 cm³/mol. The van der Waals surface area contributed by atoms with E-state index in [1.807, 2.05) is 0 Å². The number of hydrogen-bond donors (Lipinski definition) is 12. The molecule has 78 heavy (non-hydrogen) atoms. The molecule has 0 aliphatic carbocycles. The molecule has 416 valence electrons. The quantitative estimate of drug-likeness (QED) is 0.0476. The van der Waals surface area contributed by atoms with Crippen LogP contribution in [0.2, 0.25) is 0 Å². The number of carboxylic acid groups (broad SMARTS) is 2. The Morgan fingerprint density at radius 1 is 0.474 bits per heavy atom. The van der Waals surface area contributed by atoms with Gasteiger partial charge in [0.05, 0.1) is 11.1 Å². The fourth-order valence-corrected chi connectivity index (χ4v) is 6.52. The van der Waals surface area contributed by atoms with E-state index in [2.05, 4.69) is 60.7 Å². The second-order valence-electron chi connectivity index (χ2n) is 15.9. The first kappa shape index (κ1) is 63.3. The second-order valence-corrected chi connectivity index (χ2v) is 16.4. The number of rotatable bonds is 20. The highest BCUT2D eigenvalue weighted by molar-refractivity contribution is 7.78. The summed E-state index contributed by atoms with van der Waals surface area (Å²) in [7, 11) is 0. The number of amides is 4. The van der Waals surface area contributed by atoms with E-state index in [1.54, 1.807) is 60.7 Å². The van der Waals surface area contributed by atoms with E-state index in [0.29, 0.717) is 50.0 Å². The fraction of sp³-hybridized carbons (Fsp3) is 0.250. The molecule has 0 bridgehead atoms. The van der Waals surface area contributed by atoms with Gasteiger partial charge in [-0.1, -0.05) is 62.0 Å². The van der Waals surface area contributed by atoms with E-state index in [9.17, 15) is 70.7 Å². The van der Waals surface area contributed by atoms with Crippen molar-refractivity contribution in [1.29, 1.82) is 0 Å². The van der Waals surface area contributed by atoms with Crippen LogP contribution in [0.4, 0.5) is 13.2 Å². The number of carboxylic acids is 2. The summed E-state index contributed by atoms with van der Waals surface area (Å²) in [6.45, 7) is 0.772. The molecular formula is C48H52F3N11O14S2. The van der Waals surface area contributed by atoms with Crippen LogP contribution in [0.15, 0.2) is 120 Å². The van der Waals surface area contributed by atoms with Crippen LogP contribution < -0.4 is 59.6 Å². The molecule has 25 nitrogen and oxygen atoms in total. The molecule has 0 atom stereocenters. The highest BCUT2D eigenvalue weighted by atomic mass is 32.1. The van der Waals surface area contributed by atoms with E-state index in [1.165, 1.54) is 12.1 Å². The maximum atomic E-state index is 13.1. The van der Waals surface area contributed by atoms with Crippen molar-refractivity contribution in [3.8, 4) is 0 Å². The van der Waals surface area contributed by atoms with Crippen LogP contribution in [-0.2, 0) is 53.7 Å².